The number of non-ortho nitro benzene ring substituents is 1. The molecule has 0 spiro atoms. The van der Waals surface area contributed by atoms with Crippen molar-refractivity contribution in [1.29, 1.82) is 0 Å². The first-order chi connectivity index (χ1) is 11.9. The zero-order valence-electron chi connectivity index (χ0n) is 12.3. The highest BCUT2D eigenvalue weighted by Gasteiger charge is 2.37. The standard InChI is InChI=1S/C16H7N3O6/c20-17(21)9-5-8-6-13(18(22)23)16(19(24)25)15-11-4-2-1-3-10(11)12(7-9)14(8)15/h1-7H. The Balaban J connectivity index is 2.29. The highest BCUT2D eigenvalue weighted by Crippen LogP contribution is 2.54. The van der Waals surface area contributed by atoms with E-state index in [-0.39, 0.29) is 16.6 Å². The van der Waals surface area contributed by atoms with Gasteiger partial charge in [0, 0.05) is 23.6 Å². The molecule has 0 fully saturated rings. The fourth-order valence-corrected chi connectivity index (χ4v) is 3.34. The lowest BCUT2D eigenvalue weighted by Gasteiger charge is -2.05. The summed E-state index contributed by atoms with van der Waals surface area (Å²) < 4.78 is 0. The number of benzene rings is 3. The smallest absolute Gasteiger partial charge is 0.258 e. The monoisotopic (exact) mass is 337 g/mol. The summed E-state index contributed by atoms with van der Waals surface area (Å²) >= 11 is 0. The van der Waals surface area contributed by atoms with Crippen molar-refractivity contribution in [3.63, 3.8) is 0 Å². The molecule has 9 nitrogen and oxygen atoms in total. The van der Waals surface area contributed by atoms with Crippen LogP contribution in [0.3, 0.4) is 0 Å². The molecular formula is C16H7N3O6. The van der Waals surface area contributed by atoms with Gasteiger partial charge in [0.1, 0.15) is 0 Å². The summed E-state index contributed by atoms with van der Waals surface area (Å²) in [5.74, 6) is 0. The molecule has 0 saturated heterocycles. The SMILES string of the molecule is O=[N+]([O-])c1cc2c3c(c([N+](=O)[O-])c([N+](=O)[O-])cc3c1)-c1ccccc1-2. The van der Waals surface area contributed by atoms with Crippen LogP contribution < -0.4 is 0 Å². The van der Waals surface area contributed by atoms with Crippen molar-refractivity contribution in [1.82, 2.24) is 0 Å². The maximum absolute atomic E-state index is 11.6. The van der Waals surface area contributed by atoms with Crippen LogP contribution in [0.1, 0.15) is 0 Å². The van der Waals surface area contributed by atoms with Crippen LogP contribution in [0.5, 0.6) is 0 Å². The van der Waals surface area contributed by atoms with Crippen molar-refractivity contribution in [2.75, 3.05) is 0 Å². The van der Waals surface area contributed by atoms with Crippen LogP contribution in [0.4, 0.5) is 17.1 Å². The molecule has 3 aromatic carbocycles. The van der Waals surface area contributed by atoms with Crippen LogP contribution in [0.25, 0.3) is 33.0 Å². The maximum atomic E-state index is 11.6. The van der Waals surface area contributed by atoms with Crippen molar-refractivity contribution >= 4 is 27.8 Å². The molecular weight excluding hydrogens is 330 g/mol. The van der Waals surface area contributed by atoms with Gasteiger partial charge in [0.05, 0.1) is 20.3 Å². The predicted octanol–water partition coefficient (Wildman–Crippen LogP) is 4.21. The van der Waals surface area contributed by atoms with Gasteiger partial charge in [-0.1, -0.05) is 24.3 Å². The zero-order valence-corrected chi connectivity index (χ0v) is 12.3. The summed E-state index contributed by atoms with van der Waals surface area (Å²) in [6.07, 6.45) is 0. The second-order valence-corrected chi connectivity index (χ2v) is 5.53. The predicted molar refractivity (Wildman–Crippen MR) is 88.3 cm³/mol. The van der Waals surface area contributed by atoms with Gasteiger partial charge in [0.2, 0.25) is 0 Å². The molecule has 0 bridgehead atoms. The van der Waals surface area contributed by atoms with Gasteiger partial charge in [-0.15, -0.1) is 0 Å². The van der Waals surface area contributed by atoms with Crippen LogP contribution in [0.2, 0.25) is 0 Å². The Morgan fingerprint density at radius 1 is 0.720 bits per heavy atom. The summed E-state index contributed by atoms with van der Waals surface area (Å²) in [5, 5.41) is 34.8. The normalized spacial score (nSPS) is 11.4. The average molecular weight is 337 g/mol. The number of nitro groups is 3. The Kier molecular flexibility index (Phi) is 2.83. The van der Waals surface area contributed by atoms with Crippen LogP contribution in [0, 0.1) is 30.3 Å². The van der Waals surface area contributed by atoms with Gasteiger partial charge in [-0.2, -0.15) is 0 Å². The molecule has 0 N–H and O–H groups in total. The van der Waals surface area contributed by atoms with Crippen LogP contribution >= 0.6 is 0 Å². The Bertz CT molecular complexity index is 1140. The van der Waals surface area contributed by atoms with E-state index in [0.717, 1.165) is 6.07 Å². The highest BCUT2D eigenvalue weighted by atomic mass is 16.6. The van der Waals surface area contributed by atoms with Gasteiger partial charge in [0.15, 0.2) is 0 Å². The van der Waals surface area contributed by atoms with Gasteiger partial charge in [0.25, 0.3) is 5.69 Å². The van der Waals surface area contributed by atoms with E-state index in [9.17, 15) is 30.3 Å². The number of nitro benzene ring substituents is 3. The third-order valence-corrected chi connectivity index (χ3v) is 4.25. The molecule has 0 saturated carbocycles. The van der Waals surface area contributed by atoms with Gasteiger partial charge in [-0.3, -0.25) is 30.3 Å². The molecule has 1 aliphatic rings. The molecule has 9 heteroatoms. The second-order valence-electron chi connectivity index (χ2n) is 5.53. The number of fused-ring (bicyclic) bond motifs is 3. The number of hydrogen-bond donors (Lipinski definition) is 0. The lowest BCUT2D eigenvalue weighted by Crippen LogP contribution is -1.99. The fourth-order valence-electron chi connectivity index (χ4n) is 3.34. The summed E-state index contributed by atoms with van der Waals surface area (Å²) in [7, 11) is 0. The Morgan fingerprint density at radius 3 is 2.00 bits per heavy atom. The van der Waals surface area contributed by atoms with Crippen LogP contribution in [-0.4, -0.2) is 14.8 Å². The summed E-state index contributed by atoms with van der Waals surface area (Å²) in [4.78, 5) is 31.9. The topological polar surface area (TPSA) is 129 Å². The van der Waals surface area contributed by atoms with E-state index in [0.29, 0.717) is 22.1 Å². The van der Waals surface area contributed by atoms with E-state index in [1.54, 1.807) is 24.3 Å². The Hall–Kier alpha value is -3.88. The third-order valence-electron chi connectivity index (χ3n) is 4.25. The molecule has 122 valence electrons. The fraction of sp³-hybridized carbons (Fsp3) is 0. The molecule has 0 radical (unpaired) electrons. The van der Waals surface area contributed by atoms with Gasteiger partial charge >= 0.3 is 11.4 Å². The molecule has 0 atom stereocenters. The summed E-state index contributed by atoms with van der Waals surface area (Å²) in [6, 6.07) is 10.2. The van der Waals surface area contributed by atoms with Crippen molar-refractivity contribution in [2.24, 2.45) is 0 Å². The second kappa shape index (κ2) is 4.81. The lowest BCUT2D eigenvalue weighted by molar-refractivity contribution is -0.421. The lowest BCUT2D eigenvalue weighted by atomic mass is 9.99. The molecule has 3 aromatic rings. The molecule has 25 heavy (non-hydrogen) atoms. The molecule has 0 heterocycles. The van der Waals surface area contributed by atoms with E-state index in [1.165, 1.54) is 12.1 Å². The largest absolute Gasteiger partial charge is 0.354 e. The Labute approximate surface area is 138 Å². The van der Waals surface area contributed by atoms with E-state index in [4.69, 9.17) is 0 Å². The summed E-state index contributed by atoms with van der Waals surface area (Å²) in [6.45, 7) is 0. The van der Waals surface area contributed by atoms with Gasteiger partial charge < -0.3 is 0 Å². The average Bonchev–Trinajstić information content (AvgIpc) is 2.90. The van der Waals surface area contributed by atoms with E-state index >= 15 is 0 Å². The van der Waals surface area contributed by atoms with E-state index in [2.05, 4.69) is 0 Å². The molecule has 1 aliphatic carbocycles. The van der Waals surface area contributed by atoms with E-state index in [1.807, 2.05) is 0 Å². The Morgan fingerprint density at radius 2 is 1.40 bits per heavy atom. The minimum absolute atomic E-state index is 0.134. The van der Waals surface area contributed by atoms with Crippen molar-refractivity contribution in [2.45, 2.75) is 0 Å². The first kappa shape index (κ1) is 14.7. The molecule has 0 unspecified atom stereocenters. The number of hydrogen-bond acceptors (Lipinski definition) is 6. The van der Waals surface area contributed by atoms with Gasteiger partial charge in [-0.05, 0) is 22.1 Å². The molecule has 0 amide bonds. The number of rotatable bonds is 3. The highest BCUT2D eigenvalue weighted by molar-refractivity contribution is 6.19. The number of nitrogens with zero attached hydrogens (tertiary/aromatic N) is 3. The maximum Gasteiger partial charge on any atom is 0.354 e. The van der Waals surface area contributed by atoms with Crippen LogP contribution in [-0.2, 0) is 0 Å². The van der Waals surface area contributed by atoms with Gasteiger partial charge in [-0.25, -0.2) is 0 Å². The van der Waals surface area contributed by atoms with Crippen molar-refractivity contribution < 1.29 is 14.8 Å². The van der Waals surface area contributed by atoms with Crippen molar-refractivity contribution in [3.05, 3.63) is 72.8 Å². The minimum Gasteiger partial charge on any atom is -0.258 e. The molecule has 0 aliphatic heterocycles. The summed E-state index contributed by atoms with van der Waals surface area (Å²) in [5.41, 5.74) is 0.122. The minimum atomic E-state index is -0.840. The molecule has 0 aromatic heterocycles. The quantitative estimate of drug-likeness (QED) is 0.406. The van der Waals surface area contributed by atoms with Crippen molar-refractivity contribution in [3.8, 4) is 22.3 Å². The van der Waals surface area contributed by atoms with E-state index < -0.39 is 26.1 Å². The first-order valence-electron chi connectivity index (χ1n) is 7.08. The first-order valence-corrected chi connectivity index (χ1v) is 7.08. The van der Waals surface area contributed by atoms with Crippen LogP contribution in [0.15, 0.2) is 42.5 Å². The third kappa shape index (κ3) is 1.89. The molecule has 4 rings (SSSR count). The zero-order chi connectivity index (χ0) is 17.9.